The number of halogens is 1. The van der Waals surface area contributed by atoms with Crippen molar-refractivity contribution in [3.05, 3.63) is 46.7 Å². The van der Waals surface area contributed by atoms with Crippen molar-refractivity contribution in [3.8, 4) is 11.4 Å². The zero-order valence-electron chi connectivity index (χ0n) is 7.74. The zero-order chi connectivity index (χ0) is 9.97. The third kappa shape index (κ3) is 1.99. The average Bonchev–Trinajstić information content (AvgIpc) is 2.18. The fraction of sp³-hybridized carbons (Fsp3) is 0.0909. The van der Waals surface area contributed by atoms with E-state index < -0.39 is 0 Å². The van der Waals surface area contributed by atoms with E-state index in [2.05, 4.69) is 25.9 Å². The highest BCUT2D eigenvalue weighted by Crippen LogP contribution is 2.16. The van der Waals surface area contributed by atoms with Crippen molar-refractivity contribution in [2.45, 2.75) is 6.92 Å². The molecule has 2 heterocycles. The second-order valence-corrected chi connectivity index (χ2v) is 3.82. The molecule has 0 bridgehead atoms. The van der Waals surface area contributed by atoms with Crippen LogP contribution < -0.4 is 0 Å². The van der Waals surface area contributed by atoms with Gasteiger partial charge in [0.2, 0.25) is 0 Å². The van der Waals surface area contributed by atoms with Gasteiger partial charge < -0.3 is 0 Å². The minimum Gasteiger partial charge on any atom is -0.251 e. The van der Waals surface area contributed by atoms with Crippen molar-refractivity contribution in [2.75, 3.05) is 0 Å². The molecule has 70 valence electrons. The first-order valence-electron chi connectivity index (χ1n) is 4.32. The minimum atomic E-state index is 0.832. The molecular weight excluding hydrogens is 240 g/mol. The molecule has 0 spiro atoms. The Labute approximate surface area is 91.2 Å². The van der Waals surface area contributed by atoms with Crippen molar-refractivity contribution < 1.29 is 0 Å². The SMILES string of the molecule is Cc1cccc(-c2cccc(Br)n2)n1. The quantitative estimate of drug-likeness (QED) is 0.725. The maximum Gasteiger partial charge on any atom is 0.106 e. The second-order valence-electron chi connectivity index (χ2n) is 3.01. The van der Waals surface area contributed by atoms with E-state index in [-0.39, 0.29) is 0 Å². The van der Waals surface area contributed by atoms with E-state index in [1.54, 1.807) is 0 Å². The lowest BCUT2D eigenvalue weighted by atomic mass is 10.2. The zero-order valence-corrected chi connectivity index (χ0v) is 9.32. The van der Waals surface area contributed by atoms with E-state index in [0.29, 0.717) is 0 Å². The van der Waals surface area contributed by atoms with Crippen LogP contribution in [-0.4, -0.2) is 9.97 Å². The fourth-order valence-corrected chi connectivity index (χ4v) is 1.58. The fourth-order valence-electron chi connectivity index (χ4n) is 1.24. The number of aromatic nitrogens is 2. The van der Waals surface area contributed by atoms with Gasteiger partial charge in [0.05, 0.1) is 11.4 Å². The first-order valence-corrected chi connectivity index (χ1v) is 5.11. The summed E-state index contributed by atoms with van der Waals surface area (Å²) >= 11 is 3.34. The summed E-state index contributed by atoms with van der Waals surface area (Å²) in [5, 5.41) is 0. The van der Waals surface area contributed by atoms with Gasteiger partial charge in [-0.05, 0) is 47.1 Å². The van der Waals surface area contributed by atoms with E-state index in [9.17, 15) is 0 Å². The Morgan fingerprint density at radius 1 is 0.929 bits per heavy atom. The third-order valence-electron chi connectivity index (χ3n) is 1.87. The molecule has 0 aromatic carbocycles. The van der Waals surface area contributed by atoms with E-state index in [1.807, 2.05) is 43.3 Å². The molecule has 2 nitrogen and oxygen atoms in total. The molecule has 0 N–H and O–H groups in total. The molecule has 0 atom stereocenters. The van der Waals surface area contributed by atoms with Crippen LogP contribution >= 0.6 is 15.9 Å². The highest BCUT2D eigenvalue weighted by atomic mass is 79.9. The molecule has 2 aromatic rings. The highest BCUT2D eigenvalue weighted by molar-refractivity contribution is 9.10. The number of nitrogens with zero attached hydrogens (tertiary/aromatic N) is 2. The van der Waals surface area contributed by atoms with Crippen LogP contribution in [0.15, 0.2) is 41.0 Å². The van der Waals surface area contributed by atoms with Gasteiger partial charge in [0, 0.05) is 5.69 Å². The van der Waals surface area contributed by atoms with Crippen molar-refractivity contribution in [1.82, 2.24) is 9.97 Å². The van der Waals surface area contributed by atoms with Gasteiger partial charge in [0.25, 0.3) is 0 Å². The van der Waals surface area contributed by atoms with Gasteiger partial charge in [-0.1, -0.05) is 12.1 Å². The average molecular weight is 249 g/mol. The summed E-state index contributed by atoms with van der Waals surface area (Å²) < 4.78 is 0.832. The van der Waals surface area contributed by atoms with Gasteiger partial charge in [0.1, 0.15) is 4.60 Å². The van der Waals surface area contributed by atoms with Gasteiger partial charge in [0.15, 0.2) is 0 Å². The normalized spacial score (nSPS) is 10.1. The molecule has 0 aliphatic heterocycles. The summed E-state index contributed by atoms with van der Waals surface area (Å²) in [7, 11) is 0. The molecule has 2 rings (SSSR count). The molecule has 0 aliphatic rings. The monoisotopic (exact) mass is 248 g/mol. The van der Waals surface area contributed by atoms with Gasteiger partial charge in [-0.2, -0.15) is 0 Å². The van der Waals surface area contributed by atoms with Crippen LogP contribution in [0.25, 0.3) is 11.4 Å². The van der Waals surface area contributed by atoms with Gasteiger partial charge in [-0.15, -0.1) is 0 Å². The maximum absolute atomic E-state index is 4.40. The predicted molar refractivity (Wildman–Crippen MR) is 59.9 cm³/mol. The first kappa shape index (κ1) is 9.34. The van der Waals surface area contributed by atoms with E-state index in [4.69, 9.17) is 0 Å². The lowest BCUT2D eigenvalue weighted by Gasteiger charge is -2.00. The van der Waals surface area contributed by atoms with Crippen LogP contribution in [0.1, 0.15) is 5.69 Å². The molecule has 0 unspecified atom stereocenters. The van der Waals surface area contributed by atoms with Crippen molar-refractivity contribution in [2.24, 2.45) is 0 Å². The third-order valence-corrected chi connectivity index (χ3v) is 2.31. The Morgan fingerprint density at radius 2 is 1.57 bits per heavy atom. The number of rotatable bonds is 1. The van der Waals surface area contributed by atoms with Crippen molar-refractivity contribution in [3.63, 3.8) is 0 Å². The second kappa shape index (κ2) is 3.88. The molecule has 0 radical (unpaired) electrons. The predicted octanol–water partition coefficient (Wildman–Crippen LogP) is 3.21. The molecule has 3 heteroatoms. The smallest absolute Gasteiger partial charge is 0.106 e. The molecule has 0 fully saturated rings. The summed E-state index contributed by atoms with van der Waals surface area (Å²) in [6.45, 7) is 1.97. The van der Waals surface area contributed by atoms with Crippen molar-refractivity contribution >= 4 is 15.9 Å². The number of hydrogen-bond acceptors (Lipinski definition) is 2. The van der Waals surface area contributed by atoms with Crippen molar-refractivity contribution in [1.29, 1.82) is 0 Å². The Hall–Kier alpha value is -1.22. The van der Waals surface area contributed by atoms with Crippen LogP contribution in [0.4, 0.5) is 0 Å². The Morgan fingerprint density at radius 3 is 2.21 bits per heavy atom. The molecular formula is C11H9BrN2. The van der Waals surface area contributed by atoms with Crippen LogP contribution in [-0.2, 0) is 0 Å². The topological polar surface area (TPSA) is 25.8 Å². The van der Waals surface area contributed by atoms with E-state index in [0.717, 1.165) is 21.7 Å². The molecule has 0 amide bonds. The number of hydrogen-bond donors (Lipinski definition) is 0. The summed E-state index contributed by atoms with van der Waals surface area (Å²) in [6.07, 6.45) is 0. The number of pyridine rings is 2. The Bertz CT molecular complexity index is 411. The summed E-state index contributed by atoms with van der Waals surface area (Å²) in [5.74, 6) is 0. The Kier molecular flexibility index (Phi) is 2.59. The molecule has 0 saturated carbocycles. The lowest BCUT2D eigenvalue weighted by molar-refractivity contribution is 1.17. The van der Waals surface area contributed by atoms with Crippen LogP contribution in [0.3, 0.4) is 0 Å². The van der Waals surface area contributed by atoms with Crippen LogP contribution in [0, 0.1) is 6.92 Å². The van der Waals surface area contributed by atoms with Gasteiger partial charge in [-0.25, -0.2) is 4.98 Å². The first-order chi connectivity index (χ1) is 6.75. The maximum atomic E-state index is 4.40. The Balaban J connectivity index is 2.49. The lowest BCUT2D eigenvalue weighted by Crippen LogP contribution is -1.88. The highest BCUT2D eigenvalue weighted by Gasteiger charge is 2.00. The summed E-state index contributed by atoms with van der Waals surface area (Å²) in [4.78, 5) is 8.74. The van der Waals surface area contributed by atoms with Crippen LogP contribution in [0.5, 0.6) is 0 Å². The van der Waals surface area contributed by atoms with E-state index >= 15 is 0 Å². The minimum absolute atomic E-state index is 0.832. The molecule has 0 saturated heterocycles. The summed E-state index contributed by atoms with van der Waals surface area (Å²) in [6, 6.07) is 11.7. The molecule has 2 aromatic heterocycles. The largest absolute Gasteiger partial charge is 0.251 e. The van der Waals surface area contributed by atoms with Gasteiger partial charge >= 0.3 is 0 Å². The number of aryl methyl sites for hydroxylation is 1. The standard InChI is InChI=1S/C11H9BrN2/c1-8-4-2-5-9(13-8)10-6-3-7-11(12)14-10/h2-7H,1H3. The molecule has 0 aliphatic carbocycles. The van der Waals surface area contributed by atoms with Crippen LogP contribution in [0.2, 0.25) is 0 Å². The molecule has 14 heavy (non-hydrogen) atoms. The van der Waals surface area contributed by atoms with Gasteiger partial charge in [-0.3, -0.25) is 4.98 Å². The summed E-state index contributed by atoms with van der Waals surface area (Å²) in [5.41, 5.74) is 2.80. The van der Waals surface area contributed by atoms with E-state index in [1.165, 1.54) is 0 Å².